The average Bonchev–Trinajstić information content (AvgIpc) is 3.11. The van der Waals surface area contributed by atoms with Crippen LogP contribution in [0.25, 0.3) is 0 Å². The molecule has 0 radical (unpaired) electrons. The highest BCUT2D eigenvalue weighted by molar-refractivity contribution is 7.12. The number of rotatable bonds is 2. The molecule has 1 aromatic rings. The van der Waals surface area contributed by atoms with Crippen LogP contribution in [0.4, 0.5) is 0 Å². The van der Waals surface area contributed by atoms with Crippen LogP contribution in [0.15, 0.2) is 11.4 Å². The van der Waals surface area contributed by atoms with E-state index in [1.807, 2.05) is 5.38 Å². The summed E-state index contributed by atoms with van der Waals surface area (Å²) < 4.78 is 0. The predicted molar refractivity (Wildman–Crippen MR) is 74.1 cm³/mol. The number of aryl methyl sites for hydroxylation is 1. The molecule has 0 aromatic carbocycles. The zero-order chi connectivity index (χ0) is 12.6. The highest BCUT2D eigenvalue weighted by Crippen LogP contribution is 2.37. The van der Waals surface area contributed by atoms with Crippen molar-refractivity contribution in [2.45, 2.75) is 26.2 Å². The van der Waals surface area contributed by atoms with Gasteiger partial charge >= 0.3 is 0 Å². The minimum atomic E-state index is 0.255. The van der Waals surface area contributed by atoms with Crippen molar-refractivity contribution in [3.63, 3.8) is 0 Å². The molecule has 2 aliphatic heterocycles. The largest absolute Gasteiger partial charge is 0.337 e. The van der Waals surface area contributed by atoms with E-state index >= 15 is 0 Å². The summed E-state index contributed by atoms with van der Waals surface area (Å²) in [5.41, 5.74) is 1.58. The van der Waals surface area contributed by atoms with Crippen LogP contribution in [0.3, 0.4) is 0 Å². The molecule has 3 rings (SSSR count). The standard InChI is InChI=1S/C14H20N2OS/c1-2-11-3-8-18-12(11)13(17)16-7-5-14(10-16)4-6-15-9-14/h3,8,15H,2,4-7,9-10H2,1H3. The van der Waals surface area contributed by atoms with Gasteiger partial charge in [-0.15, -0.1) is 11.3 Å². The van der Waals surface area contributed by atoms with Crippen molar-refractivity contribution in [1.29, 1.82) is 0 Å². The maximum Gasteiger partial charge on any atom is 0.264 e. The molecule has 0 saturated carbocycles. The molecule has 3 heterocycles. The Kier molecular flexibility index (Phi) is 3.16. The van der Waals surface area contributed by atoms with Gasteiger partial charge in [-0.2, -0.15) is 0 Å². The number of amides is 1. The van der Waals surface area contributed by atoms with Crippen LogP contribution in [-0.2, 0) is 6.42 Å². The van der Waals surface area contributed by atoms with E-state index in [9.17, 15) is 4.79 Å². The third kappa shape index (κ3) is 1.97. The summed E-state index contributed by atoms with van der Waals surface area (Å²) in [5, 5.41) is 5.47. The summed E-state index contributed by atoms with van der Waals surface area (Å²) in [6.07, 6.45) is 3.34. The number of hydrogen-bond acceptors (Lipinski definition) is 3. The Morgan fingerprint density at radius 2 is 2.44 bits per heavy atom. The first kappa shape index (κ1) is 12.2. The summed E-state index contributed by atoms with van der Waals surface area (Å²) >= 11 is 1.59. The molecule has 18 heavy (non-hydrogen) atoms. The summed E-state index contributed by atoms with van der Waals surface area (Å²) in [5.74, 6) is 0.255. The predicted octanol–water partition coefficient (Wildman–Crippen LogP) is 2.14. The SMILES string of the molecule is CCc1ccsc1C(=O)N1CCC2(CCNC2)C1. The third-order valence-corrected chi connectivity index (χ3v) is 5.32. The summed E-state index contributed by atoms with van der Waals surface area (Å²) in [4.78, 5) is 15.6. The topological polar surface area (TPSA) is 32.3 Å². The number of likely N-dealkylation sites (tertiary alicyclic amines) is 1. The maximum absolute atomic E-state index is 12.5. The fourth-order valence-electron chi connectivity index (χ4n) is 3.20. The second-order valence-electron chi connectivity index (χ2n) is 5.53. The first-order valence-electron chi connectivity index (χ1n) is 6.80. The van der Waals surface area contributed by atoms with Gasteiger partial charge in [0.25, 0.3) is 5.91 Å². The molecule has 3 nitrogen and oxygen atoms in total. The van der Waals surface area contributed by atoms with Crippen LogP contribution >= 0.6 is 11.3 Å². The number of nitrogens with one attached hydrogen (secondary N) is 1. The number of hydrogen-bond donors (Lipinski definition) is 1. The van der Waals surface area contributed by atoms with Crippen LogP contribution in [0, 0.1) is 5.41 Å². The first-order chi connectivity index (χ1) is 8.74. The van der Waals surface area contributed by atoms with Gasteiger partial charge < -0.3 is 10.2 Å². The monoisotopic (exact) mass is 264 g/mol. The van der Waals surface area contributed by atoms with Gasteiger partial charge in [0.15, 0.2) is 0 Å². The van der Waals surface area contributed by atoms with Gasteiger partial charge in [-0.1, -0.05) is 6.92 Å². The Morgan fingerprint density at radius 3 is 3.17 bits per heavy atom. The van der Waals surface area contributed by atoms with Gasteiger partial charge in [0.2, 0.25) is 0 Å². The van der Waals surface area contributed by atoms with E-state index in [1.54, 1.807) is 11.3 Å². The molecule has 4 heteroatoms. The number of carbonyl (C=O) groups is 1. The molecule has 0 bridgehead atoms. The lowest BCUT2D eigenvalue weighted by Crippen LogP contribution is -2.33. The fraction of sp³-hybridized carbons (Fsp3) is 0.643. The normalized spacial score (nSPS) is 27.3. The zero-order valence-corrected chi connectivity index (χ0v) is 11.7. The van der Waals surface area contributed by atoms with Crippen molar-refractivity contribution < 1.29 is 4.79 Å². The summed E-state index contributed by atoms with van der Waals surface area (Å²) in [7, 11) is 0. The molecular formula is C14H20N2OS. The van der Waals surface area contributed by atoms with Crippen molar-refractivity contribution >= 4 is 17.2 Å². The Balaban J connectivity index is 1.74. The van der Waals surface area contributed by atoms with Gasteiger partial charge in [0.1, 0.15) is 0 Å². The van der Waals surface area contributed by atoms with Crippen LogP contribution in [-0.4, -0.2) is 37.0 Å². The van der Waals surface area contributed by atoms with Gasteiger partial charge in [0, 0.05) is 25.0 Å². The van der Waals surface area contributed by atoms with E-state index in [4.69, 9.17) is 0 Å². The Hall–Kier alpha value is -0.870. The molecule has 1 N–H and O–H groups in total. The van der Waals surface area contributed by atoms with Crippen molar-refractivity contribution in [2.24, 2.45) is 5.41 Å². The van der Waals surface area contributed by atoms with Crippen molar-refractivity contribution in [3.8, 4) is 0 Å². The maximum atomic E-state index is 12.5. The molecule has 2 aliphatic rings. The highest BCUT2D eigenvalue weighted by Gasteiger charge is 2.42. The second-order valence-corrected chi connectivity index (χ2v) is 6.45. The fourth-order valence-corrected chi connectivity index (χ4v) is 4.16. The molecule has 98 valence electrons. The minimum Gasteiger partial charge on any atom is -0.337 e. The number of carbonyl (C=O) groups excluding carboxylic acids is 1. The Morgan fingerprint density at radius 1 is 1.56 bits per heavy atom. The summed E-state index contributed by atoms with van der Waals surface area (Å²) in [6.45, 7) is 6.19. The molecule has 1 spiro atoms. The molecule has 1 unspecified atom stereocenters. The van der Waals surface area contributed by atoms with Crippen molar-refractivity contribution in [2.75, 3.05) is 26.2 Å². The molecule has 2 saturated heterocycles. The van der Waals surface area contributed by atoms with E-state index in [-0.39, 0.29) is 5.91 Å². The van der Waals surface area contributed by atoms with Gasteiger partial charge in [-0.05, 0) is 42.8 Å². The van der Waals surface area contributed by atoms with E-state index < -0.39 is 0 Å². The van der Waals surface area contributed by atoms with Crippen LogP contribution in [0.5, 0.6) is 0 Å². The Bertz CT molecular complexity index is 448. The van der Waals surface area contributed by atoms with Crippen molar-refractivity contribution in [1.82, 2.24) is 10.2 Å². The lowest BCUT2D eigenvalue weighted by Gasteiger charge is -2.22. The van der Waals surface area contributed by atoms with Gasteiger partial charge in [-0.3, -0.25) is 4.79 Å². The smallest absolute Gasteiger partial charge is 0.264 e. The quantitative estimate of drug-likeness (QED) is 0.887. The average molecular weight is 264 g/mol. The lowest BCUT2D eigenvalue weighted by molar-refractivity contribution is 0.0779. The second kappa shape index (κ2) is 4.67. The molecule has 1 atom stereocenters. The van der Waals surface area contributed by atoms with Gasteiger partial charge in [-0.25, -0.2) is 0 Å². The first-order valence-corrected chi connectivity index (χ1v) is 7.68. The number of nitrogens with zero attached hydrogens (tertiary/aromatic N) is 1. The Labute approximate surface area is 112 Å². The third-order valence-electron chi connectivity index (χ3n) is 4.38. The lowest BCUT2D eigenvalue weighted by atomic mass is 9.87. The highest BCUT2D eigenvalue weighted by atomic mass is 32.1. The van der Waals surface area contributed by atoms with E-state index in [1.165, 1.54) is 18.4 Å². The number of thiophene rings is 1. The molecular weight excluding hydrogens is 244 g/mol. The molecule has 0 aliphatic carbocycles. The molecule has 1 aromatic heterocycles. The van der Waals surface area contributed by atoms with Crippen LogP contribution in [0.2, 0.25) is 0 Å². The van der Waals surface area contributed by atoms with E-state index in [2.05, 4.69) is 23.2 Å². The minimum absolute atomic E-state index is 0.255. The van der Waals surface area contributed by atoms with Crippen LogP contribution < -0.4 is 5.32 Å². The van der Waals surface area contributed by atoms with Gasteiger partial charge in [0.05, 0.1) is 4.88 Å². The van der Waals surface area contributed by atoms with E-state index in [0.717, 1.165) is 37.5 Å². The van der Waals surface area contributed by atoms with Crippen LogP contribution in [0.1, 0.15) is 35.0 Å². The van der Waals surface area contributed by atoms with Crippen molar-refractivity contribution in [3.05, 3.63) is 21.9 Å². The summed E-state index contributed by atoms with van der Waals surface area (Å²) in [6, 6.07) is 2.08. The molecule has 2 fully saturated rings. The van der Waals surface area contributed by atoms with E-state index in [0.29, 0.717) is 5.41 Å². The zero-order valence-electron chi connectivity index (χ0n) is 10.9. The molecule has 1 amide bonds.